The van der Waals surface area contributed by atoms with E-state index in [2.05, 4.69) is 23.5 Å². The first-order valence-corrected chi connectivity index (χ1v) is 6.13. The van der Waals surface area contributed by atoms with Gasteiger partial charge in [0.2, 0.25) is 5.91 Å². The average molecular weight is 228 g/mol. The molecule has 0 bridgehead atoms. The number of nitrogens with zero attached hydrogens (tertiary/aromatic N) is 1. The zero-order chi connectivity index (χ0) is 11.7. The number of hydrogen-bond donors (Lipinski definition) is 1. The summed E-state index contributed by atoms with van der Waals surface area (Å²) in [6.07, 6.45) is 6.00. The second-order valence-corrected chi connectivity index (χ2v) is 4.60. The van der Waals surface area contributed by atoms with Gasteiger partial charge in [-0.2, -0.15) is 0 Å². The monoisotopic (exact) mass is 228 g/mol. The molecule has 0 fully saturated rings. The van der Waals surface area contributed by atoms with E-state index in [4.69, 9.17) is 0 Å². The van der Waals surface area contributed by atoms with Crippen molar-refractivity contribution in [1.82, 2.24) is 4.90 Å². The van der Waals surface area contributed by atoms with Gasteiger partial charge in [0.25, 0.3) is 0 Å². The summed E-state index contributed by atoms with van der Waals surface area (Å²) in [5.41, 5.74) is 2.36. The quantitative estimate of drug-likeness (QED) is 0.743. The molecule has 0 radical (unpaired) electrons. The van der Waals surface area contributed by atoms with Gasteiger partial charge in [0.05, 0.1) is 0 Å². The van der Waals surface area contributed by atoms with Crippen molar-refractivity contribution in [2.45, 2.75) is 18.9 Å². The lowest BCUT2D eigenvalue weighted by atomic mass is 10.1. The summed E-state index contributed by atoms with van der Waals surface area (Å²) in [6, 6.07) is 8.09. The van der Waals surface area contributed by atoms with Crippen molar-refractivity contribution < 1.29 is 4.79 Å². The van der Waals surface area contributed by atoms with Gasteiger partial charge in [-0.25, -0.2) is 0 Å². The molecule has 1 aromatic rings. The third-order valence-electron chi connectivity index (χ3n) is 3.44. The lowest BCUT2D eigenvalue weighted by Gasteiger charge is -2.26. The number of benzene rings is 1. The summed E-state index contributed by atoms with van der Waals surface area (Å²) in [5, 5.41) is 3.32. The van der Waals surface area contributed by atoms with Crippen LogP contribution in [-0.2, 0) is 11.2 Å². The summed E-state index contributed by atoms with van der Waals surface area (Å²) in [6.45, 7) is 1.61. The van der Waals surface area contributed by atoms with E-state index in [1.807, 2.05) is 23.1 Å². The standard InChI is InChI=1S/C14H16N2O/c17-14(16-8-4-1-5-9-16)13-10-11-6-2-3-7-12(11)15-13/h1-4,6-7,13,15H,5,8-10H2/t13-/m0/s1. The predicted octanol–water partition coefficient (Wildman–Crippen LogP) is 1.81. The number of para-hydroxylation sites is 1. The highest BCUT2D eigenvalue weighted by Crippen LogP contribution is 2.26. The average Bonchev–Trinajstić information content (AvgIpc) is 2.82. The fourth-order valence-corrected chi connectivity index (χ4v) is 2.51. The van der Waals surface area contributed by atoms with E-state index in [1.165, 1.54) is 5.56 Å². The maximum atomic E-state index is 12.3. The molecule has 88 valence electrons. The van der Waals surface area contributed by atoms with Crippen LogP contribution >= 0.6 is 0 Å². The molecule has 0 aromatic heterocycles. The van der Waals surface area contributed by atoms with Crippen molar-refractivity contribution in [3.63, 3.8) is 0 Å². The number of anilines is 1. The van der Waals surface area contributed by atoms with Gasteiger partial charge in [-0.1, -0.05) is 30.4 Å². The fraction of sp³-hybridized carbons (Fsp3) is 0.357. The Morgan fingerprint density at radius 3 is 2.94 bits per heavy atom. The second-order valence-electron chi connectivity index (χ2n) is 4.60. The van der Waals surface area contributed by atoms with Gasteiger partial charge in [-0.15, -0.1) is 0 Å². The molecule has 1 amide bonds. The molecule has 0 saturated carbocycles. The summed E-state index contributed by atoms with van der Waals surface area (Å²) >= 11 is 0. The first-order chi connectivity index (χ1) is 8.34. The minimum absolute atomic E-state index is 0.0705. The van der Waals surface area contributed by atoms with Crippen LogP contribution in [0, 0.1) is 0 Å². The van der Waals surface area contributed by atoms with Crippen LogP contribution in [0.5, 0.6) is 0 Å². The molecule has 3 nitrogen and oxygen atoms in total. The van der Waals surface area contributed by atoms with E-state index < -0.39 is 0 Å². The van der Waals surface area contributed by atoms with Crippen LogP contribution in [0.2, 0.25) is 0 Å². The molecule has 0 spiro atoms. The van der Waals surface area contributed by atoms with Crippen molar-refractivity contribution in [3.8, 4) is 0 Å². The number of amides is 1. The normalized spacial score (nSPS) is 22.1. The van der Waals surface area contributed by atoms with Crippen LogP contribution in [0.4, 0.5) is 5.69 Å². The highest BCUT2D eigenvalue weighted by Gasteiger charge is 2.29. The van der Waals surface area contributed by atoms with Gasteiger partial charge in [0.1, 0.15) is 6.04 Å². The Balaban J connectivity index is 1.72. The molecule has 3 rings (SSSR count). The lowest BCUT2D eigenvalue weighted by molar-refractivity contribution is -0.131. The minimum atomic E-state index is -0.0705. The molecule has 17 heavy (non-hydrogen) atoms. The summed E-state index contributed by atoms with van der Waals surface area (Å²) < 4.78 is 0. The Kier molecular flexibility index (Phi) is 2.59. The minimum Gasteiger partial charge on any atom is -0.373 e. The van der Waals surface area contributed by atoms with Crippen molar-refractivity contribution in [3.05, 3.63) is 42.0 Å². The molecule has 0 aliphatic carbocycles. The van der Waals surface area contributed by atoms with Gasteiger partial charge in [-0.3, -0.25) is 4.79 Å². The van der Waals surface area contributed by atoms with Gasteiger partial charge >= 0.3 is 0 Å². The molecule has 1 atom stereocenters. The van der Waals surface area contributed by atoms with Crippen LogP contribution in [0.3, 0.4) is 0 Å². The summed E-state index contributed by atoms with van der Waals surface area (Å²) in [7, 11) is 0. The van der Waals surface area contributed by atoms with E-state index in [0.717, 1.165) is 31.6 Å². The van der Waals surface area contributed by atoms with Crippen LogP contribution in [0.1, 0.15) is 12.0 Å². The zero-order valence-corrected chi connectivity index (χ0v) is 9.73. The van der Waals surface area contributed by atoms with Crippen LogP contribution < -0.4 is 5.32 Å². The Bertz CT molecular complexity index is 442. The first-order valence-electron chi connectivity index (χ1n) is 6.13. The molecule has 1 aromatic carbocycles. The molecular formula is C14H16N2O. The Labute approximate surface area is 101 Å². The molecule has 0 unspecified atom stereocenters. The highest BCUT2D eigenvalue weighted by atomic mass is 16.2. The SMILES string of the molecule is O=C([C@@H]1Cc2ccccc2N1)N1CC=CCC1. The molecule has 1 N–H and O–H groups in total. The Morgan fingerprint density at radius 2 is 2.18 bits per heavy atom. The smallest absolute Gasteiger partial charge is 0.245 e. The maximum Gasteiger partial charge on any atom is 0.245 e. The molecule has 2 heterocycles. The Hall–Kier alpha value is -1.77. The summed E-state index contributed by atoms with van der Waals surface area (Å²) in [5.74, 6) is 0.227. The number of carbonyl (C=O) groups is 1. The van der Waals surface area contributed by atoms with E-state index in [-0.39, 0.29) is 11.9 Å². The highest BCUT2D eigenvalue weighted by molar-refractivity contribution is 5.87. The van der Waals surface area contributed by atoms with E-state index in [1.54, 1.807) is 0 Å². The van der Waals surface area contributed by atoms with E-state index in [9.17, 15) is 4.79 Å². The molecule has 0 saturated heterocycles. The predicted molar refractivity (Wildman–Crippen MR) is 67.9 cm³/mol. The second kappa shape index (κ2) is 4.24. The topological polar surface area (TPSA) is 32.3 Å². The number of hydrogen-bond acceptors (Lipinski definition) is 2. The largest absolute Gasteiger partial charge is 0.373 e. The third kappa shape index (κ3) is 1.93. The van der Waals surface area contributed by atoms with Gasteiger partial charge in [0, 0.05) is 25.2 Å². The van der Waals surface area contributed by atoms with Crippen LogP contribution in [0.15, 0.2) is 36.4 Å². The van der Waals surface area contributed by atoms with E-state index >= 15 is 0 Å². The van der Waals surface area contributed by atoms with Crippen molar-refractivity contribution in [2.75, 3.05) is 18.4 Å². The number of fused-ring (bicyclic) bond motifs is 1. The fourth-order valence-electron chi connectivity index (χ4n) is 2.51. The molecule has 2 aliphatic rings. The third-order valence-corrected chi connectivity index (χ3v) is 3.44. The van der Waals surface area contributed by atoms with Gasteiger partial charge in [-0.05, 0) is 18.1 Å². The van der Waals surface area contributed by atoms with Crippen molar-refractivity contribution in [1.29, 1.82) is 0 Å². The lowest BCUT2D eigenvalue weighted by Crippen LogP contribution is -2.43. The maximum absolute atomic E-state index is 12.3. The van der Waals surface area contributed by atoms with Crippen LogP contribution in [-0.4, -0.2) is 29.9 Å². The van der Waals surface area contributed by atoms with Gasteiger partial charge in [0.15, 0.2) is 0 Å². The number of rotatable bonds is 1. The van der Waals surface area contributed by atoms with Crippen LogP contribution in [0.25, 0.3) is 0 Å². The van der Waals surface area contributed by atoms with Crippen molar-refractivity contribution in [2.24, 2.45) is 0 Å². The molecular weight excluding hydrogens is 212 g/mol. The number of nitrogens with one attached hydrogen (secondary N) is 1. The Morgan fingerprint density at radius 1 is 1.29 bits per heavy atom. The van der Waals surface area contributed by atoms with Crippen molar-refractivity contribution >= 4 is 11.6 Å². The van der Waals surface area contributed by atoms with E-state index in [0.29, 0.717) is 0 Å². The van der Waals surface area contributed by atoms with Gasteiger partial charge < -0.3 is 10.2 Å². The first kappa shape index (κ1) is 10.4. The number of carbonyl (C=O) groups excluding carboxylic acids is 1. The zero-order valence-electron chi connectivity index (χ0n) is 9.73. The molecule has 3 heteroatoms. The summed E-state index contributed by atoms with van der Waals surface area (Å²) in [4.78, 5) is 14.2. The molecule has 2 aliphatic heterocycles.